The van der Waals surface area contributed by atoms with Gasteiger partial charge in [-0.05, 0) is 87.6 Å². The number of carbonyl (C=O) groups excluding carboxylic acids is 3. The molecule has 2 unspecified atom stereocenters. The topological polar surface area (TPSA) is 108 Å². The van der Waals surface area contributed by atoms with Crippen LogP contribution < -0.4 is 15.4 Å². The standard InChI is InChI=1S/C29H34ClN3O5S/c1-2-38-21-12-10-20(11-13-21)31-26(35)23-22-14-15-29(39-22)24(23)28(37)33(16-4-3-5-17-34)25(29)27(36)32-19-8-6-18(30)7-9-19/h6-13,22-25,34H,2-5,14-17H2,1H3,(H,31,35)(H,32,36)/t22-,23+,24-,25?,29?/m0/s1. The van der Waals surface area contributed by atoms with Gasteiger partial charge in [0.05, 0.1) is 23.2 Å². The number of carbonyl (C=O) groups is 3. The van der Waals surface area contributed by atoms with E-state index in [2.05, 4.69) is 10.6 Å². The van der Waals surface area contributed by atoms with E-state index in [-0.39, 0.29) is 29.6 Å². The maximum Gasteiger partial charge on any atom is 0.248 e. The van der Waals surface area contributed by atoms with E-state index in [1.165, 1.54) is 0 Å². The van der Waals surface area contributed by atoms with Crippen molar-refractivity contribution in [2.75, 3.05) is 30.4 Å². The summed E-state index contributed by atoms with van der Waals surface area (Å²) in [6.07, 6.45) is 3.55. The third kappa shape index (κ3) is 5.36. The van der Waals surface area contributed by atoms with Gasteiger partial charge < -0.3 is 25.4 Å². The van der Waals surface area contributed by atoms with Crippen LogP contribution in [0, 0.1) is 11.8 Å². The molecular formula is C29H34ClN3O5S. The highest BCUT2D eigenvalue weighted by molar-refractivity contribution is 8.02. The molecule has 2 aromatic carbocycles. The summed E-state index contributed by atoms with van der Waals surface area (Å²) in [7, 11) is 0. The molecule has 2 bridgehead atoms. The van der Waals surface area contributed by atoms with Gasteiger partial charge in [0, 0.05) is 34.8 Å². The number of hydrogen-bond acceptors (Lipinski definition) is 6. The molecule has 3 saturated heterocycles. The Morgan fingerprint density at radius 2 is 1.72 bits per heavy atom. The lowest BCUT2D eigenvalue weighted by Crippen LogP contribution is -2.51. The van der Waals surface area contributed by atoms with Gasteiger partial charge in [-0.15, -0.1) is 11.8 Å². The van der Waals surface area contributed by atoms with Gasteiger partial charge in [-0.25, -0.2) is 0 Å². The number of unbranched alkanes of at least 4 members (excludes halogenated alkanes) is 2. The Bertz CT molecular complexity index is 1210. The molecule has 39 heavy (non-hydrogen) atoms. The van der Waals surface area contributed by atoms with Crippen molar-refractivity contribution >= 4 is 52.5 Å². The van der Waals surface area contributed by atoms with Crippen molar-refractivity contribution in [3.8, 4) is 5.75 Å². The van der Waals surface area contributed by atoms with Crippen LogP contribution in [0.25, 0.3) is 0 Å². The third-order valence-corrected chi connectivity index (χ3v) is 10.2. The van der Waals surface area contributed by atoms with E-state index < -0.39 is 22.6 Å². The summed E-state index contributed by atoms with van der Waals surface area (Å²) in [4.78, 5) is 43.2. The molecule has 3 fully saturated rings. The number of thioether (sulfide) groups is 1. The monoisotopic (exact) mass is 571 g/mol. The predicted molar refractivity (Wildman–Crippen MR) is 153 cm³/mol. The van der Waals surface area contributed by atoms with Crippen LogP contribution in [0.2, 0.25) is 5.02 Å². The molecule has 3 N–H and O–H groups in total. The fraction of sp³-hybridized carbons (Fsp3) is 0.483. The van der Waals surface area contributed by atoms with Crippen LogP contribution in [0.15, 0.2) is 48.5 Å². The molecule has 208 valence electrons. The van der Waals surface area contributed by atoms with E-state index >= 15 is 0 Å². The van der Waals surface area contributed by atoms with E-state index in [0.29, 0.717) is 48.8 Å². The summed E-state index contributed by atoms with van der Waals surface area (Å²) in [5.41, 5.74) is 1.26. The maximum atomic E-state index is 14.0. The molecule has 1 spiro atoms. The number of nitrogens with one attached hydrogen (secondary N) is 2. The Balaban J connectivity index is 1.39. The number of nitrogens with zero attached hydrogens (tertiary/aromatic N) is 1. The molecule has 3 aliphatic heterocycles. The molecule has 0 aliphatic carbocycles. The number of hydrogen-bond donors (Lipinski definition) is 3. The zero-order chi connectivity index (χ0) is 27.6. The number of fused-ring (bicyclic) bond motifs is 1. The first-order valence-electron chi connectivity index (χ1n) is 13.6. The minimum absolute atomic E-state index is 0.0241. The molecule has 3 heterocycles. The Morgan fingerprint density at radius 1 is 1.05 bits per heavy atom. The summed E-state index contributed by atoms with van der Waals surface area (Å²) < 4.78 is 4.84. The first kappa shape index (κ1) is 27.8. The summed E-state index contributed by atoms with van der Waals surface area (Å²) >= 11 is 7.66. The molecule has 3 amide bonds. The molecule has 0 radical (unpaired) electrons. The van der Waals surface area contributed by atoms with Crippen LogP contribution in [0.1, 0.15) is 39.0 Å². The number of halogens is 1. The van der Waals surface area contributed by atoms with Gasteiger partial charge in [-0.3, -0.25) is 14.4 Å². The quantitative estimate of drug-likeness (QED) is 0.341. The van der Waals surface area contributed by atoms with Crippen LogP contribution in [-0.4, -0.2) is 63.5 Å². The van der Waals surface area contributed by atoms with Crippen molar-refractivity contribution in [2.24, 2.45) is 11.8 Å². The molecular weight excluding hydrogens is 538 g/mol. The van der Waals surface area contributed by atoms with Crippen molar-refractivity contribution < 1.29 is 24.2 Å². The number of anilines is 2. The highest BCUT2D eigenvalue weighted by atomic mass is 35.5. The fourth-order valence-corrected chi connectivity index (χ4v) is 8.68. The Labute approximate surface area is 237 Å². The van der Waals surface area contributed by atoms with Crippen molar-refractivity contribution in [1.82, 2.24) is 4.90 Å². The number of likely N-dealkylation sites (tertiary alicyclic amines) is 1. The molecule has 0 aromatic heterocycles. The second kappa shape index (κ2) is 11.8. The van der Waals surface area contributed by atoms with Gasteiger partial charge in [-0.2, -0.15) is 0 Å². The Kier molecular flexibility index (Phi) is 8.40. The van der Waals surface area contributed by atoms with Gasteiger partial charge in [0.25, 0.3) is 0 Å². The average molecular weight is 572 g/mol. The van der Waals surface area contributed by atoms with Gasteiger partial charge in [0.1, 0.15) is 11.8 Å². The molecule has 5 rings (SSSR count). The lowest BCUT2D eigenvalue weighted by molar-refractivity contribution is -0.138. The minimum Gasteiger partial charge on any atom is -0.494 e. The largest absolute Gasteiger partial charge is 0.494 e. The second-order valence-electron chi connectivity index (χ2n) is 10.3. The highest BCUT2D eigenvalue weighted by Gasteiger charge is 2.73. The fourth-order valence-electron chi connectivity index (χ4n) is 6.34. The van der Waals surface area contributed by atoms with E-state index in [0.717, 1.165) is 18.6 Å². The van der Waals surface area contributed by atoms with E-state index in [9.17, 15) is 19.5 Å². The first-order chi connectivity index (χ1) is 18.9. The lowest BCUT2D eigenvalue weighted by atomic mass is 9.70. The average Bonchev–Trinajstić information content (AvgIpc) is 3.56. The molecule has 8 nitrogen and oxygen atoms in total. The van der Waals surface area contributed by atoms with E-state index in [1.54, 1.807) is 53.1 Å². The maximum absolute atomic E-state index is 14.0. The van der Waals surface area contributed by atoms with Crippen LogP contribution in [0.5, 0.6) is 5.75 Å². The van der Waals surface area contributed by atoms with Crippen molar-refractivity contribution in [1.29, 1.82) is 0 Å². The summed E-state index contributed by atoms with van der Waals surface area (Å²) in [5.74, 6) is -0.912. The van der Waals surface area contributed by atoms with E-state index in [1.807, 2.05) is 19.1 Å². The van der Waals surface area contributed by atoms with Crippen molar-refractivity contribution in [3.05, 3.63) is 53.6 Å². The number of aliphatic hydroxyl groups excluding tert-OH is 1. The Hall–Kier alpha value is -2.75. The molecule has 2 aromatic rings. The summed E-state index contributed by atoms with van der Waals surface area (Å²) in [6.45, 7) is 2.97. The van der Waals surface area contributed by atoms with Crippen molar-refractivity contribution in [3.63, 3.8) is 0 Å². The number of benzene rings is 2. The summed E-state index contributed by atoms with van der Waals surface area (Å²) in [5, 5.41) is 15.8. The minimum atomic E-state index is -0.682. The third-order valence-electron chi connectivity index (χ3n) is 7.95. The zero-order valence-corrected chi connectivity index (χ0v) is 23.5. The Morgan fingerprint density at radius 3 is 2.38 bits per heavy atom. The van der Waals surface area contributed by atoms with Gasteiger partial charge in [0.2, 0.25) is 17.7 Å². The highest BCUT2D eigenvalue weighted by Crippen LogP contribution is 2.66. The number of aliphatic hydroxyl groups is 1. The first-order valence-corrected chi connectivity index (χ1v) is 14.8. The number of rotatable bonds is 11. The number of ether oxygens (including phenoxy) is 1. The van der Waals surface area contributed by atoms with Gasteiger partial charge in [-0.1, -0.05) is 11.6 Å². The molecule has 0 saturated carbocycles. The molecule has 5 atom stereocenters. The second-order valence-corrected chi connectivity index (χ2v) is 12.4. The van der Waals surface area contributed by atoms with Gasteiger partial charge in [0.15, 0.2) is 0 Å². The van der Waals surface area contributed by atoms with Crippen LogP contribution in [0.4, 0.5) is 11.4 Å². The van der Waals surface area contributed by atoms with E-state index in [4.69, 9.17) is 16.3 Å². The SMILES string of the molecule is CCOc1ccc(NC(=O)[C@@H]2[C@@H]3CCC4(S3)C(C(=O)Nc3ccc(Cl)cc3)N(CCCCCO)C(=O)[C@H]24)cc1. The summed E-state index contributed by atoms with van der Waals surface area (Å²) in [6, 6.07) is 13.4. The van der Waals surface area contributed by atoms with Crippen LogP contribution in [-0.2, 0) is 14.4 Å². The lowest BCUT2D eigenvalue weighted by Gasteiger charge is -2.34. The van der Waals surface area contributed by atoms with Crippen LogP contribution in [0.3, 0.4) is 0 Å². The van der Waals surface area contributed by atoms with Crippen molar-refractivity contribution in [2.45, 2.75) is 55.1 Å². The molecule has 3 aliphatic rings. The van der Waals surface area contributed by atoms with Crippen LogP contribution >= 0.6 is 23.4 Å². The van der Waals surface area contributed by atoms with Gasteiger partial charge >= 0.3 is 0 Å². The zero-order valence-electron chi connectivity index (χ0n) is 21.9. The molecule has 10 heteroatoms. The smallest absolute Gasteiger partial charge is 0.248 e. The number of amides is 3. The normalized spacial score (nSPS) is 26.9. The predicted octanol–water partition coefficient (Wildman–Crippen LogP) is 4.57.